The van der Waals surface area contributed by atoms with Crippen LogP contribution >= 0.6 is 11.3 Å². The summed E-state index contributed by atoms with van der Waals surface area (Å²) in [5, 5.41) is 6.77. The molecule has 0 atom stereocenters. The molecule has 0 radical (unpaired) electrons. The van der Waals surface area contributed by atoms with Crippen molar-refractivity contribution >= 4 is 11.3 Å². The molecule has 1 aromatic carbocycles. The van der Waals surface area contributed by atoms with Crippen LogP contribution in [0.25, 0.3) is 11.3 Å². The van der Waals surface area contributed by atoms with Crippen molar-refractivity contribution in [1.82, 2.24) is 10.3 Å². The summed E-state index contributed by atoms with van der Waals surface area (Å²) in [6.07, 6.45) is 3.55. The average molecular weight is 260 g/mol. The third kappa shape index (κ3) is 3.93. The van der Waals surface area contributed by atoms with Gasteiger partial charge in [-0.3, -0.25) is 0 Å². The highest BCUT2D eigenvalue weighted by atomic mass is 32.1. The molecule has 0 aliphatic carbocycles. The maximum atomic E-state index is 4.70. The number of rotatable bonds is 7. The molecule has 0 saturated carbocycles. The Kier molecular flexibility index (Phi) is 5.36. The lowest BCUT2D eigenvalue weighted by atomic mass is 10.2. The lowest BCUT2D eigenvalue weighted by Gasteiger charge is -1.99. The second kappa shape index (κ2) is 7.29. The maximum absolute atomic E-state index is 4.70. The fraction of sp³-hybridized carbons (Fsp3) is 0.400. The smallest absolute Gasteiger partial charge is 0.0932 e. The minimum atomic E-state index is 1.06. The van der Waals surface area contributed by atoms with Crippen LogP contribution in [0.4, 0.5) is 0 Å². The molecule has 96 valence electrons. The van der Waals surface area contributed by atoms with Crippen molar-refractivity contribution in [2.75, 3.05) is 13.1 Å². The predicted molar refractivity (Wildman–Crippen MR) is 79.0 cm³/mol. The van der Waals surface area contributed by atoms with Crippen LogP contribution in [-0.2, 0) is 6.42 Å². The molecule has 0 amide bonds. The molecule has 2 aromatic rings. The first kappa shape index (κ1) is 13.2. The number of nitrogens with zero attached hydrogens (tertiary/aromatic N) is 1. The van der Waals surface area contributed by atoms with Gasteiger partial charge in [-0.15, -0.1) is 11.3 Å². The van der Waals surface area contributed by atoms with E-state index in [9.17, 15) is 0 Å². The number of aryl methyl sites for hydroxylation is 1. The van der Waals surface area contributed by atoms with Crippen LogP contribution in [0, 0.1) is 0 Å². The predicted octanol–water partition coefficient (Wildman–Crippen LogP) is 3.74. The molecule has 0 unspecified atom stereocenters. The number of benzene rings is 1. The minimum absolute atomic E-state index is 1.06. The lowest BCUT2D eigenvalue weighted by molar-refractivity contribution is 0.640. The van der Waals surface area contributed by atoms with Gasteiger partial charge in [-0.1, -0.05) is 37.3 Å². The van der Waals surface area contributed by atoms with E-state index in [1.807, 2.05) is 6.07 Å². The number of hydrogen-bond acceptors (Lipinski definition) is 3. The quantitative estimate of drug-likeness (QED) is 0.767. The van der Waals surface area contributed by atoms with Crippen molar-refractivity contribution in [3.63, 3.8) is 0 Å². The maximum Gasteiger partial charge on any atom is 0.0932 e. The summed E-state index contributed by atoms with van der Waals surface area (Å²) in [4.78, 5) is 4.70. The Morgan fingerprint density at radius 2 is 2.00 bits per heavy atom. The summed E-state index contributed by atoms with van der Waals surface area (Å²) < 4.78 is 0. The lowest BCUT2D eigenvalue weighted by Crippen LogP contribution is -2.13. The van der Waals surface area contributed by atoms with Crippen molar-refractivity contribution in [3.8, 4) is 11.3 Å². The molecule has 0 aliphatic heterocycles. The molecule has 1 heterocycles. The Hall–Kier alpha value is -1.19. The summed E-state index contributed by atoms with van der Waals surface area (Å²) >= 11 is 1.78. The second-order valence-corrected chi connectivity index (χ2v) is 5.25. The Morgan fingerprint density at radius 1 is 1.17 bits per heavy atom. The zero-order valence-corrected chi connectivity index (χ0v) is 11.7. The van der Waals surface area contributed by atoms with E-state index in [1.165, 1.54) is 23.4 Å². The van der Waals surface area contributed by atoms with Crippen LogP contribution in [0.15, 0.2) is 35.7 Å². The SMILES string of the molecule is CCNCCCCc1nc(-c2ccccc2)cs1. The first-order chi connectivity index (χ1) is 8.90. The van der Waals surface area contributed by atoms with Crippen LogP contribution in [0.5, 0.6) is 0 Å². The summed E-state index contributed by atoms with van der Waals surface area (Å²) in [6, 6.07) is 10.4. The Labute approximate surface area is 113 Å². The van der Waals surface area contributed by atoms with E-state index in [4.69, 9.17) is 4.98 Å². The van der Waals surface area contributed by atoms with E-state index in [1.54, 1.807) is 11.3 Å². The highest BCUT2D eigenvalue weighted by molar-refractivity contribution is 7.09. The highest BCUT2D eigenvalue weighted by Gasteiger charge is 2.03. The van der Waals surface area contributed by atoms with Crippen molar-refractivity contribution in [2.45, 2.75) is 26.2 Å². The number of aromatic nitrogens is 1. The van der Waals surface area contributed by atoms with Gasteiger partial charge in [0, 0.05) is 10.9 Å². The topological polar surface area (TPSA) is 24.9 Å². The normalized spacial score (nSPS) is 10.7. The molecule has 2 rings (SSSR count). The summed E-state index contributed by atoms with van der Waals surface area (Å²) in [5.74, 6) is 0. The van der Waals surface area contributed by atoms with E-state index in [0.29, 0.717) is 0 Å². The molecule has 18 heavy (non-hydrogen) atoms. The summed E-state index contributed by atoms with van der Waals surface area (Å²) in [5.41, 5.74) is 2.33. The Bertz CT molecular complexity index is 451. The van der Waals surface area contributed by atoms with Crippen LogP contribution < -0.4 is 5.32 Å². The van der Waals surface area contributed by atoms with Gasteiger partial charge in [-0.25, -0.2) is 4.98 Å². The molecular weight excluding hydrogens is 240 g/mol. The van der Waals surface area contributed by atoms with Crippen LogP contribution in [0.2, 0.25) is 0 Å². The molecule has 3 heteroatoms. The molecular formula is C15H20N2S. The minimum Gasteiger partial charge on any atom is -0.317 e. The molecule has 0 fully saturated rings. The van der Waals surface area contributed by atoms with Crippen molar-refractivity contribution in [3.05, 3.63) is 40.7 Å². The molecule has 1 N–H and O–H groups in total. The fourth-order valence-corrected chi connectivity index (χ4v) is 2.72. The highest BCUT2D eigenvalue weighted by Crippen LogP contribution is 2.22. The van der Waals surface area contributed by atoms with Gasteiger partial charge in [-0.2, -0.15) is 0 Å². The molecule has 0 bridgehead atoms. The first-order valence-corrected chi connectivity index (χ1v) is 7.48. The Balaban J connectivity index is 1.83. The van der Waals surface area contributed by atoms with Crippen LogP contribution in [-0.4, -0.2) is 18.1 Å². The third-order valence-electron chi connectivity index (χ3n) is 2.87. The van der Waals surface area contributed by atoms with Crippen LogP contribution in [0.1, 0.15) is 24.8 Å². The first-order valence-electron chi connectivity index (χ1n) is 6.60. The van der Waals surface area contributed by atoms with Crippen molar-refractivity contribution in [1.29, 1.82) is 0 Å². The van der Waals surface area contributed by atoms with E-state index in [-0.39, 0.29) is 0 Å². The third-order valence-corrected chi connectivity index (χ3v) is 3.77. The molecule has 0 spiro atoms. The zero-order chi connectivity index (χ0) is 12.6. The van der Waals surface area contributed by atoms with Gasteiger partial charge in [0.25, 0.3) is 0 Å². The largest absolute Gasteiger partial charge is 0.317 e. The Morgan fingerprint density at radius 3 is 2.78 bits per heavy atom. The summed E-state index contributed by atoms with van der Waals surface area (Å²) in [7, 11) is 0. The molecule has 1 aromatic heterocycles. The number of nitrogens with one attached hydrogen (secondary N) is 1. The van der Waals surface area contributed by atoms with Crippen LogP contribution in [0.3, 0.4) is 0 Å². The van der Waals surface area contributed by atoms with E-state index >= 15 is 0 Å². The molecule has 2 nitrogen and oxygen atoms in total. The van der Waals surface area contributed by atoms with Gasteiger partial charge in [0.15, 0.2) is 0 Å². The van der Waals surface area contributed by atoms with E-state index in [2.05, 4.69) is 41.9 Å². The van der Waals surface area contributed by atoms with Gasteiger partial charge in [0.2, 0.25) is 0 Å². The summed E-state index contributed by atoms with van der Waals surface area (Å²) in [6.45, 7) is 4.33. The monoisotopic (exact) mass is 260 g/mol. The van der Waals surface area contributed by atoms with Gasteiger partial charge < -0.3 is 5.32 Å². The number of unbranched alkanes of at least 4 members (excludes halogenated alkanes) is 1. The van der Waals surface area contributed by atoms with Gasteiger partial charge in [0.05, 0.1) is 10.7 Å². The molecule has 0 aliphatic rings. The zero-order valence-electron chi connectivity index (χ0n) is 10.9. The van der Waals surface area contributed by atoms with Gasteiger partial charge in [0.1, 0.15) is 0 Å². The standard InChI is InChI=1S/C15H20N2S/c1-2-16-11-7-6-10-15-17-14(12-18-15)13-8-4-3-5-9-13/h3-5,8-9,12,16H,2,6-7,10-11H2,1H3. The molecule has 0 saturated heterocycles. The van der Waals surface area contributed by atoms with E-state index in [0.717, 1.165) is 25.2 Å². The average Bonchev–Trinajstić information content (AvgIpc) is 2.88. The number of thiazole rings is 1. The van der Waals surface area contributed by atoms with Crippen molar-refractivity contribution < 1.29 is 0 Å². The number of hydrogen-bond donors (Lipinski definition) is 1. The van der Waals surface area contributed by atoms with Gasteiger partial charge >= 0.3 is 0 Å². The van der Waals surface area contributed by atoms with E-state index < -0.39 is 0 Å². The van der Waals surface area contributed by atoms with Gasteiger partial charge in [-0.05, 0) is 32.4 Å². The fourth-order valence-electron chi connectivity index (χ4n) is 1.87. The second-order valence-electron chi connectivity index (χ2n) is 4.30. The van der Waals surface area contributed by atoms with Crippen molar-refractivity contribution in [2.24, 2.45) is 0 Å².